The number of benzene rings is 1. The number of aromatic nitrogens is 2. The van der Waals surface area contributed by atoms with Crippen LogP contribution in [0, 0.1) is 19.7 Å². The zero-order valence-corrected chi connectivity index (χ0v) is 15.4. The molecule has 10 heteroatoms. The van der Waals surface area contributed by atoms with Crippen LogP contribution in [-0.4, -0.2) is 23.2 Å². The van der Waals surface area contributed by atoms with E-state index in [4.69, 9.17) is 9.47 Å². The molecule has 3 rings (SSSR count). The third-order valence-electron chi connectivity index (χ3n) is 4.10. The summed E-state index contributed by atoms with van der Waals surface area (Å²) < 4.78 is 67.3. The highest BCUT2D eigenvalue weighted by Gasteiger charge is 2.30. The zero-order chi connectivity index (χ0) is 21.3. The fourth-order valence-corrected chi connectivity index (χ4v) is 2.50. The van der Waals surface area contributed by atoms with Gasteiger partial charge in [0.15, 0.2) is 11.6 Å². The molecule has 0 bridgehead atoms. The number of aryl methyl sites for hydroxylation is 1. The number of rotatable bonds is 3. The maximum absolute atomic E-state index is 14.5. The number of carbonyl (C=O) groups excluding carboxylic acids is 1. The Kier molecular flexibility index (Phi) is 5.27. The van der Waals surface area contributed by atoms with E-state index in [2.05, 4.69) is 14.7 Å². The van der Waals surface area contributed by atoms with Gasteiger partial charge in [-0.25, -0.2) is 14.2 Å². The van der Waals surface area contributed by atoms with Crippen molar-refractivity contribution in [3.8, 4) is 17.4 Å². The number of pyridine rings is 2. The molecule has 1 aromatic carbocycles. The first-order valence-electron chi connectivity index (χ1n) is 8.17. The normalized spacial score (nSPS) is 11.4. The number of halogens is 4. The lowest BCUT2D eigenvalue weighted by Gasteiger charge is -2.14. The summed E-state index contributed by atoms with van der Waals surface area (Å²) in [7, 11) is 1.14. The smallest absolute Gasteiger partial charge is 0.437 e. The molecule has 0 saturated heterocycles. The zero-order valence-electron chi connectivity index (χ0n) is 15.4. The van der Waals surface area contributed by atoms with E-state index in [1.165, 1.54) is 6.07 Å². The molecule has 0 fully saturated rings. The molecule has 0 N–H and O–H groups in total. The summed E-state index contributed by atoms with van der Waals surface area (Å²) in [6.07, 6.45) is -4.95. The highest BCUT2D eigenvalue weighted by molar-refractivity contribution is 5.90. The average Bonchev–Trinajstić information content (AvgIpc) is 2.66. The molecular weight excluding hydrogens is 396 g/mol. The Hall–Kier alpha value is -3.43. The number of methoxy groups -OCH3 is 1. The summed E-state index contributed by atoms with van der Waals surface area (Å²) in [5, 5.41) is 0.252. The van der Waals surface area contributed by atoms with Gasteiger partial charge in [0, 0.05) is 35.0 Å². The monoisotopic (exact) mass is 410 g/mol. The van der Waals surface area contributed by atoms with Crippen LogP contribution in [0.2, 0.25) is 0 Å². The minimum Gasteiger partial charge on any atom is -0.437 e. The molecular formula is C19H14F4N2O4. The predicted octanol–water partition coefficient (Wildman–Crippen LogP) is 5.34. The van der Waals surface area contributed by atoms with E-state index in [0.717, 1.165) is 25.3 Å². The molecule has 0 saturated carbocycles. The van der Waals surface area contributed by atoms with Crippen molar-refractivity contribution in [2.45, 2.75) is 20.0 Å². The quantitative estimate of drug-likeness (QED) is 0.429. The van der Waals surface area contributed by atoms with Gasteiger partial charge in [0.1, 0.15) is 5.75 Å². The number of hydrogen-bond donors (Lipinski definition) is 0. The van der Waals surface area contributed by atoms with Crippen molar-refractivity contribution in [2.24, 2.45) is 0 Å². The maximum Gasteiger partial charge on any atom is 0.513 e. The molecule has 0 aliphatic rings. The Morgan fingerprint density at radius 2 is 1.86 bits per heavy atom. The van der Waals surface area contributed by atoms with Gasteiger partial charge in [-0.05, 0) is 26.0 Å². The molecule has 0 unspecified atom stereocenters. The molecule has 3 aromatic rings. The van der Waals surface area contributed by atoms with Gasteiger partial charge in [0.2, 0.25) is 5.88 Å². The lowest BCUT2D eigenvalue weighted by molar-refractivity contribution is -0.137. The second kappa shape index (κ2) is 7.53. The fraction of sp³-hybridized carbons (Fsp3) is 0.211. The Bertz CT molecular complexity index is 1080. The third-order valence-corrected chi connectivity index (χ3v) is 4.10. The summed E-state index contributed by atoms with van der Waals surface area (Å²) in [5.41, 5.74) is 0.257. The minimum atomic E-state index is -4.55. The van der Waals surface area contributed by atoms with Crippen LogP contribution in [0.3, 0.4) is 0 Å². The molecule has 0 radical (unpaired) electrons. The van der Waals surface area contributed by atoms with Crippen LogP contribution in [0.1, 0.15) is 16.8 Å². The van der Waals surface area contributed by atoms with Crippen LogP contribution >= 0.6 is 0 Å². The molecule has 0 aliphatic carbocycles. The summed E-state index contributed by atoms with van der Waals surface area (Å²) in [6, 6.07) is 4.02. The topological polar surface area (TPSA) is 70.5 Å². The summed E-state index contributed by atoms with van der Waals surface area (Å²) in [6.45, 7) is 3.31. The van der Waals surface area contributed by atoms with Crippen LogP contribution in [0.15, 0.2) is 30.5 Å². The number of ether oxygens (including phenoxy) is 3. The molecule has 0 spiro atoms. The standard InChI is InChI=1S/C19H14F4N2O4/c1-9-10(2)25-14-7-13(20)15(6-12(14)17(9)29-18(26)27-3)28-16-5-4-11(8-24-16)19(21,22)23/h4-8H,1-3H3. The first kappa shape index (κ1) is 20.3. The van der Waals surface area contributed by atoms with Gasteiger partial charge in [-0.15, -0.1) is 0 Å². The van der Waals surface area contributed by atoms with Crippen molar-refractivity contribution in [1.82, 2.24) is 9.97 Å². The Morgan fingerprint density at radius 1 is 1.14 bits per heavy atom. The van der Waals surface area contributed by atoms with E-state index in [1.54, 1.807) is 13.8 Å². The summed E-state index contributed by atoms with van der Waals surface area (Å²) in [5.74, 6) is -1.29. The van der Waals surface area contributed by atoms with Gasteiger partial charge in [-0.1, -0.05) is 0 Å². The Balaban J connectivity index is 2.04. The van der Waals surface area contributed by atoms with Crippen molar-refractivity contribution in [3.63, 3.8) is 0 Å². The van der Waals surface area contributed by atoms with Crippen molar-refractivity contribution in [2.75, 3.05) is 7.11 Å². The van der Waals surface area contributed by atoms with E-state index in [0.29, 0.717) is 17.5 Å². The van der Waals surface area contributed by atoms with E-state index in [9.17, 15) is 22.4 Å². The van der Waals surface area contributed by atoms with Gasteiger partial charge < -0.3 is 14.2 Å². The SMILES string of the molecule is COC(=O)Oc1c(C)c(C)nc2cc(F)c(Oc3ccc(C(F)(F)F)cn3)cc12. The molecule has 2 heterocycles. The lowest BCUT2D eigenvalue weighted by Crippen LogP contribution is -2.10. The first-order valence-corrected chi connectivity index (χ1v) is 8.17. The molecule has 29 heavy (non-hydrogen) atoms. The molecule has 152 valence electrons. The maximum atomic E-state index is 14.5. The molecule has 6 nitrogen and oxygen atoms in total. The van der Waals surface area contributed by atoms with Crippen molar-refractivity contribution in [3.05, 3.63) is 53.1 Å². The van der Waals surface area contributed by atoms with Crippen molar-refractivity contribution < 1.29 is 36.6 Å². The van der Waals surface area contributed by atoms with Gasteiger partial charge >= 0.3 is 12.3 Å². The van der Waals surface area contributed by atoms with Crippen LogP contribution in [0.4, 0.5) is 22.4 Å². The predicted molar refractivity (Wildman–Crippen MR) is 93.5 cm³/mol. The number of alkyl halides is 3. The number of fused-ring (bicyclic) bond motifs is 1. The lowest BCUT2D eigenvalue weighted by atomic mass is 10.1. The molecule has 0 amide bonds. The van der Waals surface area contributed by atoms with Crippen molar-refractivity contribution in [1.29, 1.82) is 0 Å². The molecule has 2 aromatic heterocycles. The first-order chi connectivity index (χ1) is 13.6. The summed E-state index contributed by atoms with van der Waals surface area (Å²) in [4.78, 5) is 19.4. The van der Waals surface area contributed by atoms with Crippen LogP contribution < -0.4 is 9.47 Å². The number of hydrogen-bond acceptors (Lipinski definition) is 6. The van der Waals surface area contributed by atoms with Gasteiger partial charge in [-0.2, -0.15) is 13.2 Å². The van der Waals surface area contributed by atoms with Gasteiger partial charge in [0.05, 0.1) is 18.2 Å². The van der Waals surface area contributed by atoms with Gasteiger partial charge in [-0.3, -0.25) is 4.98 Å². The van der Waals surface area contributed by atoms with Crippen LogP contribution in [0.25, 0.3) is 10.9 Å². The Labute approximate surface area is 162 Å². The second-order valence-electron chi connectivity index (χ2n) is 5.99. The number of carbonyl (C=O) groups is 1. The highest BCUT2D eigenvalue weighted by Crippen LogP contribution is 2.36. The molecule has 0 aliphatic heterocycles. The van der Waals surface area contributed by atoms with Crippen molar-refractivity contribution >= 4 is 17.1 Å². The summed E-state index contributed by atoms with van der Waals surface area (Å²) >= 11 is 0. The fourth-order valence-electron chi connectivity index (χ4n) is 2.50. The second-order valence-corrected chi connectivity index (χ2v) is 5.99. The number of nitrogens with zero attached hydrogens (tertiary/aromatic N) is 2. The van der Waals surface area contributed by atoms with E-state index < -0.39 is 23.7 Å². The van der Waals surface area contributed by atoms with Gasteiger partial charge in [0.25, 0.3) is 0 Å². The van der Waals surface area contributed by atoms with E-state index >= 15 is 0 Å². The third kappa shape index (κ3) is 4.20. The largest absolute Gasteiger partial charge is 0.513 e. The highest BCUT2D eigenvalue weighted by atomic mass is 19.4. The van der Waals surface area contributed by atoms with E-state index in [1.807, 2.05) is 0 Å². The minimum absolute atomic E-state index is 0.101. The van der Waals surface area contributed by atoms with Crippen LogP contribution in [0.5, 0.6) is 17.4 Å². The van der Waals surface area contributed by atoms with E-state index in [-0.39, 0.29) is 28.3 Å². The Morgan fingerprint density at radius 3 is 2.45 bits per heavy atom. The average molecular weight is 410 g/mol. The van der Waals surface area contributed by atoms with Crippen LogP contribution in [-0.2, 0) is 10.9 Å². The molecule has 0 atom stereocenters.